The van der Waals surface area contributed by atoms with E-state index in [1.807, 2.05) is 0 Å². The van der Waals surface area contributed by atoms with Gasteiger partial charge in [-0.25, -0.2) is 0 Å². The molecule has 3 rings (SSSR count). The highest BCUT2D eigenvalue weighted by atomic mass is 28.4. The van der Waals surface area contributed by atoms with Crippen molar-refractivity contribution in [2.45, 2.75) is 90.3 Å². The maximum Gasteiger partial charge on any atom is 0.192 e. The molecule has 0 amide bonds. The number of hydrogen-bond donors (Lipinski definition) is 0. The Morgan fingerprint density at radius 3 is 2.36 bits per heavy atom. The predicted octanol–water partition coefficient (Wildman–Crippen LogP) is 7.62. The Kier molecular flexibility index (Phi) is 6.02. The second-order valence-electron chi connectivity index (χ2n) is 11.4. The molecule has 154 valence electrons. The first-order valence-corrected chi connectivity index (χ1v) is 17.6. The minimum Gasteiger partial charge on any atom is -0.410 e. The quantitative estimate of drug-likeness (QED) is 0.462. The molecule has 1 fully saturated rings. The zero-order chi connectivity index (χ0) is 20.7. The smallest absolute Gasteiger partial charge is 0.192 e. The van der Waals surface area contributed by atoms with Crippen LogP contribution in [0.1, 0.15) is 51.2 Å². The molecule has 2 atom stereocenters. The first-order valence-electron chi connectivity index (χ1n) is 11.1. The Labute approximate surface area is 175 Å². The third-order valence-electron chi connectivity index (χ3n) is 6.86. The normalized spacial score (nSPS) is 26.3. The number of allylic oxidation sites excluding steroid dienone is 2. The predicted molar refractivity (Wildman–Crippen MR) is 129 cm³/mol. The van der Waals surface area contributed by atoms with Crippen molar-refractivity contribution in [3.63, 3.8) is 0 Å². The summed E-state index contributed by atoms with van der Waals surface area (Å²) in [7, 11) is -2.99. The highest BCUT2D eigenvalue weighted by Crippen LogP contribution is 2.47. The maximum absolute atomic E-state index is 7.03. The summed E-state index contributed by atoms with van der Waals surface area (Å²) in [6, 6.07) is 9.04. The molecule has 2 unspecified atom stereocenters. The fraction of sp³-hybridized carbons (Fsp3) is 0.600. The van der Waals surface area contributed by atoms with Crippen LogP contribution in [0.5, 0.6) is 0 Å². The second-order valence-corrected chi connectivity index (χ2v) is 21.2. The van der Waals surface area contributed by atoms with Gasteiger partial charge in [0, 0.05) is 6.42 Å². The van der Waals surface area contributed by atoms with Gasteiger partial charge in [-0.3, -0.25) is 0 Å². The summed E-state index contributed by atoms with van der Waals surface area (Å²) in [6.45, 7) is 19.1. The minimum atomic E-state index is -1.82. The van der Waals surface area contributed by atoms with Crippen LogP contribution in [-0.2, 0) is 10.8 Å². The van der Waals surface area contributed by atoms with Gasteiger partial charge < -0.3 is 4.43 Å². The minimum absolute atomic E-state index is 0.240. The molecule has 0 aromatic heterocycles. The third kappa shape index (κ3) is 4.63. The number of fused-ring (bicyclic) bond motifs is 1. The van der Waals surface area contributed by atoms with Crippen LogP contribution in [0.2, 0.25) is 37.8 Å². The SMILES string of the molecule is CC(C)(C)[Si](C)(C)OC1Cc2ccccc2/C1=C1\CCCC1/C=C\[Si](C)(C)C. The van der Waals surface area contributed by atoms with Crippen LogP contribution >= 0.6 is 0 Å². The molecule has 0 radical (unpaired) electrons. The van der Waals surface area contributed by atoms with E-state index in [2.05, 4.69) is 89.5 Å². The van der Waals surface area contributed by atoms with Crippen LogP contribution in [0.15, 0.2) is 41.6 Å². The van der Waals surface area contributed by atoms with E-state index in [1.54, 1.807) is 11.1 Å². The summed E-state index contributed by atoms with van der Waals surface area (Å²) in [5.74, 6) is 0.610. The molecule has 3 heteroatoms. The molecule has 1 aromatic rings. The fourth-order valence-electron chi connectivity index (χ4n) is 4.27. The lowest BCUT2D eigenvalue weighted by Crippen LogP contribution is -2.44. The van der Waals surface area contributed by atoms with Crippen LogP contribution in [0.25, 0.3) is 5.57 Å². The van der Waals surface area contributed by atoms with Crippen molar-refractivity contribution in [1.29, 1.82) is 0 Å². The van der Waals surface area contributed by atoms with Gasteiger partial charge in [0.2, 0.25) is 0 Å². The molecule has 28 heavy (non-hydrogen) atoms. The Morgan fingerprint density at radius 1 is 1.04 bits per heavy atom. The van der Waals surface area contributed by atoms with Gasteiger partial charge in [0.15, 0.2) is 8.32 Å². The molecule has 0 bridgehead atoms. The van der Waals surface area contributed by atoms with E-state index in [0.29, 0.717) is 5.92 Å². The van der Waals surface area contributed by atoms with E-state index < -0.39 is 16.4 Å². The van der Waals surface area contributed by atoms with Crippen molar-refractivity contribution >= 4 is 22.0 Å². The number of benzene rings is 1. The van der Waals surface area contributed by atoms with Crippen LogP contribution in [-0.4, -0.2) is 22.5 Å². The van der Waals surface area contributed by atoms with Crippen molar-refractivity contribution in [1.82, 2.24) is 0 Å². The van der Waals surface area contributed by atoms with Gasteiger partial charge in [-0.1, -0.05) is 82.0 Å². The van der Waals surface area contributed by atoms with Gasteiger partial charge in [0.25, 0.3) is 0 Å². The monoisotopic (exact) mass is 412 g/mol. The van der Waals surface area contributed by atoms with E-state index in [4.69, 9.17) is 4.43 Å². The Morgan fingerprint density at radius 2 is 1.71 bits per heavy atom. The Hall–Kier alpha value is -0.906. The molecule has 0 N–H and O–H groups in total. The molecule has 1 nitrogen and oxygen atoms in total. The van der Waals surface area contributed by atoms with Crippen molar-refractivity contribution in [3.05, 3.63) is 52.7 Å². The van der Waals surface area contributed by atoms with Gasteiger partial charge in [-0.2, -0.15) is 0 Å². The molecular formula is C25H40OSi2. The second kappa shape index (κ2) is 7.73. The molecule has 0 aliphatic heterocycles. The summed E-state index contributed by atoms with van der Waals surface area (Å²) in [5, 5.41) is 0.240. The van der Waals surface area contributed by atoms with Gasteiger partial charge in [-0.05, 0) is 60.0 Å². The summed E-state index contributed by atoms with van der Waals surface area (Å²) in [5.41, 5.74) is 8.71. The van der Waals surface area contributed by atoms with E-state index in [9.17, 15) is 0 Å². The highest BCUT2D eigenvalue weighted by Gasteiger charge is 2.42. The first-order chi connectivity index (χ1) is 12.9. The molecule has 0 spiro atoms. The van der Waals surface area contributed by atoms with Crippen LogP contribution in [0.3, 0.4) is 0 Å². The third-order valence-corrected chi connectivity index (χ3v) is 12.5. The average molecular weight is 413 g/mol. The summed E-state index contributed by atoms with van der Waals surface area (Å²) in [4.78, 5) is 0. The molecule has 0 heterocycles. The Balaban J connectivity index is 2.03. The standard InChI is InChI=1S/C25H40OSi2/c1-25(2,3)28(7,8)26-23-18-20-12-9-10-14-22(20)24(23)21-15-11-13-19(21)16-17-27(4,5)6/h9-10,12,14,16-17,19,23H,11,13,15,18H2,1-8H3/b17-16-,24-21-. The fourth-order valence-corrected chi connectivity index (χ4v) is 6.35. The lowest BCUT2D eigenvalue weighted by Gasteiger charge is -2.39. The zero-order valence-electron chi connectivity index (χ0n) is 19.4. The number of rotatable bonds is 4. The van der Waals surface area contributed by atoms with Crippen LogP contribution < -0.4 is 0 Å². The van der Waals surface area contributed by atoms with Crippen molar-refractivity contribution < 1.29 is 4.43 Å². The van der Waals surface area contributed by atoms with E-state index in [1.165, 1.54) is 30.4 Å². The largest absolute Gasteiger partial charge is 0.410 e. The highest BCUT2D eigenvalue weighted by molar-refractivity contribution is 6.81. The van der Waals surface area contributed by atoms with Gasteiger partial charge in [-0.15, -0.1) is 0 Å². The van der Waals surface area contributed by atoms with Crippen LogP contribution in [0.4, 0.5) is 0 Å². The van der Waals surface area contributed by atoms with E-state index >= 15 is 0 Å². The molecular weight excluding hydrogens is 372 g/mol. The summed E-state index contributed by atoms with van der Waals surface area (Å²) < 4.78 is 7.03. The van der Waals surface area contributed by atoms with E-state index in [-0.39, 0.29) is 11.1 Å². The van der Waals surface area contributed by atoms with E-state index in [0.717, 1.165) is 6.42 Å². The summed E-state index contributed by atoms with van der Waals surface area (Å²) in [6.07, 6.45) is 7.69. The van der Waals surface area contributed by atoms with Gasteiger partial charge in [0.05, 0.1) is 14.2 Å². The van der Waals surface area contributed by atoms with Gasteiger partial charge in [0.1, 0.15) is 0 Å². The topological polar surface area (TPSA) is 9.23 Å². The van der Waals surface area contributed by atoms with Gasteiger partial charge >= 0.3 is 0 Å². The summed E-state index contributed by atoms with van der Waals surface area (Å²) >= 11 is 0. The van der Waals surface area contributed by atoms with Crippen molar-refractivity contribution in [2.24, 2.45) is 5.92 Å². The maximum atomic E-state index is 7.03. The number of hydrogen-bond acceptors (Lipinski definition) is 1. The lowest BCUT2D eigenvalue weighted by atomic mass is 9.93. The molecule has 2 aliphatic carbocycles. The Bertz CT molecular complexity index is 774. The molecule has 1 aromatic carbocycles. The van der Waals surface area contributed by atoms with Crippen molar-refractivity contribution in [2.75, 3.05) is 0 Å². The lowest BCUT2D eigenvalue weighted by molar-refractivity contribution is 0.238. The first kappa shape index (κ1) is 21.8. The zero-order valence-corrected chi connectivity index (χ0v) is 21.4. The molecule has 1 saturated carbocycles. The molecule has 0 saturated heterocycles. The van der Waals surface area contributed by atoms with Crippen molar-refractivity contribution in [3.8, 4) is 0 Å². The van der Waals surface area contributed by atoms with Crippen LogP contribution in [0, 0.1) is 5.92 Å². The average Bonchev–Trinajstić information content (AvgIpc) is 3.13. The molecule has 2 aliphatic rings.